The van der Waals surface area contributed by atoms with Gasteiger partial charge in [0.2, 0.25) is 5.91 Å². The first-order valence-corrected chi connectivity index (χ1v) is 7.62. The third-order valence-corrected chi connectivity index (χ3v) is 4.06. The van der Waals surface area contributed by atoms with E-state index in [0.717, 1.165) is 30.2 Å². The number of nitrogens with zero attached hydrogens (tertiary/aromatic N) is 2. The molecule has 1 aliphatic heterocycles. The van der Waals surface area contributed by atoms with E-state index in [9.17, 15) is 14.9 Å². The molecule has 0 atom stereocenters. The minimum absolute atomic E-state index is 0. The highest BCUT2D eigenvalue weighted by Crippen LogP contribution is 2.12. The average molecular weight is 332 g/mol. The normalized spacial score (nSPS) is 14.4. The van der Waals surface area contributed by atoms with E-state index in [0.29, 0.717) is 13.1 Å². The second-order valence-corrected chi connectivity index (χ2v) is 5.75. The average Bonchev–Trinajstić information content (AvgIpc) is 2.48. The first-order chi connectivity index (χ1) is 9.66. The van der Waals surface area contributed by atoms with E-state index in [1.54, 1.807) is 12.1 Å². The van der Waals surface area contributed by atoms with E-state index in [-0.39, 0.29) is 24.0 Å². The Bertz CT molecular complexity index is 478. The SMILES string of the molecule is Cl.O=C(CNCc1ccc([N+](=O)[O-])cc1)N1CCSCC1. The molecule has 2 rings (SSSR count). The summed E-state index contributed by atoms with van der Waals surface area (Å²) in [6.45, 7) is 2.49. The Hall–Kier alpha value is -1.31. The fourth-order valence-corrected chi connectivity index (χ4v) is 2.88. The quantitative estimate of drug-likeness (QED) is 0.656. The molecule has 0 aromatic heterocycles. The third-order valence-electron chi connectivity index (χ3n) is 3.12. The summed E-state index contributed by atoms with van der Waals surface area (Å²) < 4.78 is 0. The largest absolute Gasteiger partial charge is 0.340 e. The van der Waals surface area contributed by atoms with Crippen LogP contribution in [0.25, 0.3) is 0 Å². The molecule has 0 aliphatic carbocycles. The van der Waals surface area contributed by atoms with Crippen LogP contribution in [0.1, 0.15) is 5.56 Å². The van der Waals surface area contributed by atoms with Crippen molar-refractivity contribution in [2.45, 2.75) is 6.54 Å². The van der Waals surface area contributed by atoms with Crippen LogP contribution >= 0.6 is 24.2 Å². The van der Waals surface area contributed by atoms with Gasteiger partial charge in [0.25, 0.3) is 5.69 Å². The van der Waals surface area contributed by atoms with Gasteiger partial charge in [-0.25, -0.2) is 0 Å². The summed E-state index contributed by atoms with van der Waals surface area (Å²) in [7, 11) is 0. The molecule has 1 fully saturated rings. The van der Waals surface area contributed by atoms with Gasteiger partial charge in [0, 0.05) is 43.3 Å². The Morgan fingerprint density at radius 2 is 1.90 bits per heavy atom. The second kappa shape index (κ2) is 8.86. The highest BCUT2D eigenvalue weighted by molar-refractivity contribution is 7.99. The van der Waals surface area contributed by atoms with Crippen LogP contribution in [0.15, 0.2) is 24.3 Å². The number of rotatable bonds is 5. The zero-order valence-electron chi connectivity index (χ0n) is 11.5. The Labute approximate surface area is 133 Å². The molecular formula is C13H18ClN3O3S. The van der Waals surface area contributed by atoms with E-state index >= 15 is 0 Å². The van der Waals surface area contributed by atoms with E-state index in [1.807, 2.05) is 16.7 Å². The van der Waals surface area contributed by atoms with Crippen molar-refractivity contribution in [1.82, 2.24) is 10.2 Å². The Morgan fingerprint density at radius 1 is 1.29 bits per heavy atom. The number of benzene rings is 1. The first-order valence-electron chi connectivity index (χ1n) is 6.46. The smallest absolute Gasteiger partial charge is 0.269 e. The predicted octanol–water partition coefficient (Wildman–Crippen LogP) is 1.68. The number of non-ortho nitro benzene ring substituents is 1. The molecule has 21 heavy (non-hydrogen) atoms. The molecule has 0 spiro atoms. The van der Waals surface area contributed by atoms with Gasteiger partial charge in [-0.15, -0.1) is 12.4 Å². The van der Waals surface area contributed by atoms with Crippen LogP contribution in [0.4, 0.5) is 5.69 Å². The molecule has 1 aromatic rings. The lowest BCUT2D eigenvalue weighted by atomic mass is 10.2. The van der Waals surface area contributed by atoms with Gasteiger partial charge in [-0.2, -0.15) is 11.8 Å². The molecule has 0 bridgehead atoms. The van der Waals surface area contributed by atoms with E-state index in [1.165, 1.54) is 12.1 Å². The van der Waals surface area contributed by atoms with Gasteiger partial charge in [0.05, 0.1) is 11.5 Å². The molecule has 8 heteroatoms. The minimum atomic E-state index is -0.422. The molecule has 0 unspecified atom stereocenters. The van der Waals surface area contributed by atoms with E-state index in [2.05, 4.69) is 5.32 Å². The lowest BCUT2D eigenvalue weighted by Gasteiger charge is -2.26. The van der Waals surface area contributed by atoms with Crippen molar-refractivity contribution in [3.05, 3.63) is 39.9 Å². The lowest BCUT2D eigenvalue weighted by Crippen LogP contribution is -2.42. The zero-order chi connectivity index (χ0) is 14.4. The van der Waals surface area contributed by atoms with Crippen molar-refractivity contribution in [2.24, 2.45) is 0 Å². The summed E-state index contributed by atoms with van der Waals surface area (Å²) in [4.78, 5) is 23.9. The van der Waals surface area contributed by atoms with Gasteiger partial charge in [-0.05, 0) is 5.56 Å². The first kappa shape index (κ1) is 17.7. The molecule has 0 saturated carbocycles. The van der Waals surface area contributed by atoms with Gasteiger partial charge in [0.15, 0.2) is 0 Å². The fourth-order valence-electron chi connectivity index (χ4n) is 1.97. The molecule has 6 nitrogen and oxygen atoms in total. The maximum absolute atomic E-state index is 11.9. The van der Waals surface area contributed by atoms with Crippen molar-refractivity contribution >= 4 is 35.8 Å². The standard InChI is InChI=1S/C13H17N3O3S.ClH/c17-13(15-5-7-20-8-6-15)10-14-9-11-1-3-12(4-2-11)16(18)19;/h1-4,14H,5-10H2;1H. The maximum Gasteiger partial charge on any atom is 0.269 e. The Balaban J connectivity index is 0.00000220. The topological polar surface area (TPSA) is 75.5 Å². The zero-order valence-corrected chi connectivity index (χ0v) is 13.1. The van der Waals surface area contributed by atoms with Gasteiger partial charge in [0.1, 0.15) is 0 Å². The second-order valence-electron chi connectivity index (χ2n) is 4.52. The monoisotopic (exact) mass is 331 g/mol. The molecule has 1 saturated heterocycles. The molecular weight excluding hydrogens is 314 g/mol. The van der Waals surface area contributed by atoms with Crippen LogP contribution in [0.3, 0.4) is 0 Å². The van der Waals surface area contributed by atoms with Gasteiger partial charge in [-0.3, -0.25) is 14.9 Å². The highest BCUT2D eigenvalue weighted by atomic mass is 35.5. The summed E-state index contributed by atoms with van der Waals surface area (Å²) in [5, 5.41) is 13.6. The molecule has 116 valence electrons. The van der Waals surface area contributed by atoms with Crippen LogP contribution < -0.4 is 5.32 Å². The minimum Gasteiger partial charge on any atom is -0.340 e. The van der Waals surface area contributed by atoms with E-state index < -0.39 is 4.92 Å². The number of nitro benzene ring substituents is 1. The van der Waals surface area contributed by atoms with Crippen LogP contribution in [0, 0.1) is 10.1 Å². The summed E-state index contributed by atoms with van der Waals surface area (Å²) in [6, 6.07) is 6.35. The summed E-state index contributed by atoms with van der Waals surface area (Å²) in [5.41, 5.74) is 1.01. The van der Waals surface area contributed by atoms with E-state index in [4.69, 9.17) is 0 Å². The Kier molecular flexibility index (Phi) is 7.49. The number of nitro groups is 1. The molecule has 1 amide bonds. The van der Waals surface area contributed by atoms with Crippen LogP contribution in [-0.4, -0.2) is 46.9 Å². The molecule has 0 radical (unpaired) electrons. The van der Waals surface area contributed by atoms with Crippen molar-refractivity contribution in [3.8, 4) is 0 Å². The van der Waals surface area contributed by atoms with Gasteiger partial charge >= 0.3 is 0 Å². The van der Waals surface area contributed by atoms with Gasteiger partial charge in [-0.1, -0.05) is 12.1 Å². The van der Waals surface area contributed by atoms with Crippen LogP contribution in [0.2, 0.25) is 0 Å². The number of thioether (sulfide) groups is 1. The fraction of sp³-hybridized carbons (Fsp3) is 0.462. The van der Waals surface area contributed by atoms with Crippen LogP contribution in [-0.2, 0) is 11.3 Å². The van der Waals surface area contributed by atoms with Crippen molar-refractivity contribution in [3.63, 3.8) is 0 Å². The highest BCUT2D eigenvalue weighted by Gasteiger charge is 2.15. The summed E-state index contributed by atoms with van der Waals surface area (Å²) in [6.07, 6.45) is 0. The number of hydrogen-bond donors (Lipinski definition) is 1. The number of halogens is 1. The predicted molar refractivity (Wildman–Crippen MR) is 86.0 cm³/mol. The number of carbonyl (C=O) groups is 1. The number of carbonyl (C=O) groups excluding carboxylic acids is 1. The number of hydrogen-bond acceptors (Lipinski definition) is 5. The number of amides is 1. The number of nitrogens with one attached hydrogen (secondary N) is 1. The molecule has 1 heterocycles. The van der Waals surface area contributed by atoms with Crippen LogP contribution in [0.5, 0.6) is 0 Å². The third kappa shape index (κ3) is 5.53. The van der Waals surface area contributed by atoms with Crippen molar-refractivity contribution < 1.29 is 9.72 Å². The van der Waals surface area contributed by atoms with Crippen molar-refractivity contribution in [1.29, 1.82) is 0 Å². The summed E-state index contributed by atoms with van der Waals surface area (Å²) >= 11 is 1.87. The maximum atomic E-state index is 11.9. The molecule has 1 aromatic carbocycles. The lowest BCUT2D eigenvalue weighted by molar-refractivity contribution is -0.384. The molecule has 1 aliphatic rings. The van der Waals surface area contributed by atoms with Crippen molar-refractivity contribution in [2.75, 3.05) is 31.1 Å². The summed E-state index contributed by atoms with van der Waals surface area (Å²) in [5.74, 6) is 2.13. The van der Waals surface area contributed by atoms with Gasteiger partial charge < -0.3 is 10.2 Å². The Morgan fingerprint density at radius 3 is 2.48 bits per heavy atom. The molecule has 1 N–H and O–H groups in total.